The van der Waals surface area contributed by atoms with Gasteiger partial charge in [-0.1, -0.05) is 31.2 Å². The van der Waals surface area contributed by atoms with Crippen LogP contribution >= 0.6 is 0 Å². The summed E-state index contributed by atoms with van der Waals surface area (Å²) in [6.45, 7) is 2.13. The van der Waals surface area contributed by atoms with Gasteiger partial charge in [0.25, 0.3) is 0 Å². The first-order valence-electron chi connectivity index (χ1n) is 6.96. The van der Waals surface area contributed by atoms with Crippen molar-refractivity contribution in [1.29, 1.82) is 0 Å². The molecule has 0 aliphatic carbocycles. The molecular formula is C17H22N2O2. The minimum atomic E-state index is -0.226. The zero-order chi connectivity index (χ0) is 15.5. The number of nitrogens with zero attached hydrogens (tertiary/aromatic N) is 1. The van der Waals surface area contributed by atoms with Crippen molar-refractivity contribution >= 4 is 12.0 Å². The molecule has 0 aliphatic heterocycles. The van der Waals surface area contributed by atoms with E-state index in [1.807, 2.05) is 18.2 Å². The highest BCUT2D eigenvalue weighted by Crippen LogP contribution is 2.11. The Morgan fingerprint density at radius 2 is 2.00 bits per heavy atom. The second kappa shape index (κ2) is 9.66. The molecule has 1 aromatic carbocycles. The molecule has 2 rings (SSSR count). The Balaban J connectivity index is 0.00000106. The molecule has 0 radical (unpaired) electrons. The fourth-order valence-electron chi connectivity index (χ4n) is 2.03. The number of aliphatic hydroxyl groups is 1. The van der Waals surface area contributed by atoms with Crippen molar-refractivity contribution in [2.24, 2.45) is 0 Å². The highest BCUT2D eigenvalue weighted by Gasteiger charge is 2.08. The molecule has 0 saturated carbocycles. The number of aromatic nitrogens is 1. The maximum atomic E-state index is 11.2. The van der Waals surface area contributed by atoms with Crippen LogP contribution in [0.4, 0.5) is 5.69 Å². The standard InChI is InChI=1S/C16H18N2O.CH4O/c1-2-13-5-3-6-14(9-13)10-16(12-19)18-15-7-4-8-17-11-15;1-2/h3-9,11-12,16,18H,2,10H2,1H3;2H,1H3. The largest absolute Gasteiger partial charge is 0.400 e. The van der Waals surface area contributed by atoms with Crippen LogP contribution in [0.15, 0.2) is 48.8 Å². The van der Waals surface area contributed by atoms with E-state index in [1.54, 1.807) is 12.4 Å². The minimum absolute atomic E-state index is 0.226. The van der Waals surface area contributed by atoms with Crippen LogP contribution in [-0.2, 0) is 17.6 Å². The third-order valence-corrected chi connectivity index (χ3v) is 3.03. The average Bonchev–Trinajstić information content (AvgIpc) is 2.57. The SMILES string of the molecule is CCc1cccc(CC(C=O)Nc2cccnc2)c1.CO. The van der Waals surface area contributed by atoms with Crippen molar-refractivity contribution in [1.82, 2.24) is 4.98 Å². The first kappa shape index (κ1) is 16.9. The van der Waals surface area contributed by atoms with Crippen LogP contribution in [0.1, 0.15) is 18.1 Å². The maximum Gasteiger partial charge on any atom is 0.142 e. The number of hydrogen-bond acceptors (Lipinski definition) is 4. The quantitative estimate of drug-likeness (QED) is 0.801. The van der Waals surface area contributed by atoms with Gasteiger partial charge in [0.2, 0.25) is 0 Å². The molecule has 2 N–H and O–H groups in total. The number of aryl methyl sites for hydroxylation is 1. The molecule has 1 aromatic heterocycles. The van der Waals surface area contributed by atoms with Gasteiger partial charge >= 0.3 is 0 Å². The number of rotatable bonds is 6. The molecule has 4 heteroatoms. The Bertz CT molecular complexity index is 529. The molecular weight excluding hydrogens is 264 g/mol. The molecule has 2 aromatic rings. The Kier molecular flexibility index (Phi) is 7.76. The van der Waals surface area contributed by atoms with E-state index in [4.69, 9.17) is 5.11 Å². The van der Waals surface area contributed by atoms with Crippen LogP contribution in [-0.4, -0.2) is 29.5 Å². The molecule has 21 heavy (non-hydrogen) atoms. The van der Waals surface area contributed by atoms with E-state index >= 15 is 0 Å². The second-order valence-corrected chi connectivity index (χ2v) is 4.51. The van der Waals surface area contributed by atoms with E-state index in [2.05, 4.69) is 35.4 Å². The van der Waals surface area contributed by atoms with Gasteiger partial charge in [-0.3, -0.25) is 4.98 Å². The lowest BCUT2D eigenvalue weighted by Crippen LogP contribution is -2.23. The maximum absolute atomic E-state index is 11.2. The van der Waals surface area contributed by atoms with E-state index in [0.717, 1.165) is 25.5 Å². The Labute approximate surface area is 125 Å². The minimum Gasteiger partial charge on any atom is -0.400 e. The Morgan fingerprint density at radius 1 is 1.24 bits per heavy atom. The van der Waals surface area contributed by atoms with Crippen LogP contribution in [0, 0.1) is 0 Å². The fraction of sp³-hybridized carbons (Fsp3) is 0.294. The number of aliphatic hydroxyl groups excluding tert-OH is 1. The number of carbonyl (C=O) groups is 1. The van der Waals surface area contributed by atoms with E-state index in [-0.39, 0.29) is 6.04 Å². The monoisotopic (exact) mass is 286 g/mol. The van der Waals surface area contributed by atoms with Gasteiger partial charge < -0.3 is 15.2 Å². The topological polar surface area (TPSA) is 62.2 Å². The van der Waals surface area contributed by atoms with Gasteiger partial charge in [-0.2, -0.15) is 0 Å². The second-order valence-electron chi connectivity index (χ2n) is 4.51. The summed E-state index contributed by atoms with van der Waals surface area (Å²) in [7, 11) is 1.00. The van der Waals surface area contributed by atoms with Crippen molar-refractivity contribution < 1.29 is 9.90 Å². The van der Waals surface area contributed by atoms with Crippen LogP contribution in [0.5, 0.6) is 0 Å². The molecule has 4 nitrogen and oxygen atoms in total. The number of hydrogen-bond donors (Lipinski definition) is 2. The van der Waals surface area contributed by atoms with Crippen molar-refractivity contribution in [3.8, 4) is 0 Å². The summed E-state index contributed by atoms with van der Waals surface area (Å²) in [5, 5.41) is 10.2. The molecule has 1 unspecified atom stereocenters. The molecule has 0 amide bonds. The van der Waals surface area contributed by atoms with Gasteiger partial charge in [0.15, 0.2) is 0 Å². The van der Waals surface area contributed by atoms with E-state index in [0.29, 0.717) is 6.42 Å². The average molecular weight is 286 g/mol. The summed E-state index contributed by atoms with van der Waals surface area (Å²) in [5.41, 5.74) is 3.34. The smallest absolute Gasteiger partial charge is 0.142 e. The zero-order valence-electron chi connectivity index (χ0n) is 12.5. The van der Waals surface area contributed by atoms with E-state index in [1.165, 1.54) is 11.1 Å². The van der Waals surface area contributed by atoms with Crippen LogP contribution in [0.25, 0.3) is 0 Å². The lowest BCUT2D eigenvalue weighted by molar-refractivity contribution is -0.108. The van der Waals surface area contributed by atoms with Crippen molar-refractivity contribution in [2.45, 2.75) is 25.8 Å². The summed E-state index contributed by atoms with van der Waals surface area (Å²) in [4.78, 5) is 15.2. The predicted molar refractivity (Wildman–Crippen MR) is 85.4 cm³/mol. The van der Waals surface area contributed by atoms with Crippen molar-refractivity contribution in [3.05, 3.63) is 59.9 Å². The summed E-state index contributed by atoms with van der Waals surface area (Å²) in [6.07, 6.45) is 6.08. The first-order chi connectivity index (χ1) is 10.3. The molecule has 0 aliphatic rings. The molecule has 0 bridgehead atoms. The van der Waals surface area contributed by atoms with Gasteiger partial charge in [-0.05, 0) is 36.1 Å². The summed E-state index contributed by atoms with van der Waals surface area (Å²) in [6, 6.07) is 11.9. The lowest BCUT2D eigenvalue weighted by atomic mass is 10.0. The molecule has 0 spiro atoms. The molecule has 1 heterocycles. The van der Waals surface area contributed by atoms with Crippen molar-refractivity contribution in [2.75, 3.05) is 12.4 Å². The molecule has 112 valence electrons. The number of benzene rings is 1. The summed E-state index contributed by atoms with van der Waals surface area (Å²) < 4.78 is 0. The van der Waals surface area contributed by atoms with Crippen LogP contribution in [0.3, 0.4) is 0 Å². The number of pyridine rings is 1. The predicted octanol–water partition coefficient (Wildman–Crippen LogP) is 2.47. The van der Waals surface area contributed by atoms with Crippen LogP contribution < -0.4 is 5.32 Å². The normalized spacial score (nSPS) is 11.0. The Morgan fingerprint density at radius 3 is 2.62 bits per heavy atom. The number of aldehydes is 1. The fourth-order valence-corrected chi connectivity index (χ4v) is 2.03. The third-order valence-electron chi connectivity index (χ3n) is 3.03. The van der Waals surface area contributed by atoms with Gasteiger partial charge in [0.1, 0.15) is 6.29 Å². The van der Waals surface area contributed by atoms with Gasteiger partial charge in [-0.15, -0.1) is 0 Å². The highest BCUT2D eigenvalue weighted by atomic mass is 16.2. The van der Waals surface area contributed by atoms with E-state index < -0.39 is 0 Å². The molecule has 1 atom stereocenters. The molecule has 0 saturated heterocycles. The lowest BCUT2D eigenvalue weighted by Gasteiger charge is -2.14. The van der Waals surface area contributed by atoms with Gasteiger partial charge in [-0.25, -0.2) is 0 Å². The Hall–Kier alpha value is -2.20. The van der Waals surface area contributed by atoms with Crippen LogP contribution in [0.2, 0.25) is 0 Å². The van der Waals surface area contributed by atoms with Crippen molar-refractivity contribution in [3.63, 3.8) is 0 Å². The third kappa shape index (κ3) is 5.75. The molecule has 0 fully saturated rings. The van der Waals surface area contributed by atoms with Gasteiger partial charge in [0.05, 0.1) is 11.7 Å². The number of carbonyl (C=O) groups excluding carboxylic acids is 1. The number of anilines is 1. The highest BCUT2D eigenvalue weighted by molar-refractivity contribution is 5.64. The zero-order valence-corrected chi connectivity index (χ0v) is 12.5. The van der Waals surface area contributed by atoms with Gasteiger partial charge in [0, 0.05) is 19.5 Å². The van der Waals surface area contributed by atoms with E-state index in [9.17, 15) is 4.79 Å². The summed E-state index contributed by atoms with van der Waals surface area (Å²) in [5.74, 6) is 0. The first-order valence-corrected chi connectivity index (χ1v) is 6.96. The summed E-state index contributed by atoms with van der Waals surface area (Å²) >= 11 is 0. The number of nitrogens with one attached hydrogen (secondary N) is 1.